The number of rotatable bonds is 1. The van der Waals surface area contributed by atoms with Gasteiger partial charge in [0.2, 0.25) is 0 Å². The van der Waals surface area contributed by atoms with E-state index in [2.05, 4.69) is 4.98 Å². The van der Waals surface area contributed by atoms with Gasteiger partial charge in [-0.1, -0.05) is 20.8 Å². The number of aryl methyl sites for hydroxylation is 1. The SMILES string of the molecule is CC.CCc1csc(C#N)n1. The monoisotopic (exact) mass is 168 g/mol. The number of hydrogen-bond acceptors (Lipinski definition) is 3. The summed E-state index contributed by atoms with van der Waals surface area (Å²) >= 11 is 1.40. The lowest BCUT2D eigenvalue weighted by atomic mass is 10.4. The van der Waals surface area contributed by atoms with Gasteiger partial charge in [-0.05, 0) is 6.42 Å². The first-order valence-corrected chi connectivity index (χ1v) is 4.59. The fourth-order valence-electron chi connectivity index (χ4n) is 0.521. The van der Waals surface area contributed by atoms with Crippen molar-refractivity contribution >= 4 is 11.3 Å². The van der Waals surface area contributed by atoms with E-state index in [1.165, 1.54) is 11.3 Å². The van der Waals surface area contributed by atoms with Crippen LogP contribution in [0.5, 0.6) is 0 Å². The molecule has 0 unspecified atom stereocenters. The van der Waals surface area contributed by atoms with Crippen molar-refractivity contribution in [1.82, 2.24) is 4.98 Å². The van der Waals surface area contributed by atoms with Crippen molar-refractivity contribution in [2.45, 2.75) is 27.2 Å². The molecule has 11 heavy (non-hydrogen) atoms. The molecule has 60 valence electrons. The van der Waals surface area contributed by atoms with Gasteiger partial charge in [0.1, 0.15) is 6.07 Å². The summed E-state index contributed by atoms with van der Waals surface area (Å²) in [5, 5.41) is 10.8. The average molecular weight is 168 g/mol. The summed E-state index contributed by atoms with van der Waals surface area (Å²) in [6.07, 6.45) is 0.915. The Morgan fingerprint density at radius 3 is 2.55 bits per heavy atom. The fourth-order valence-corrected chi connectivity index (χ4v) is 1.21. The minimum atomic E-state index is 0.562. The Kier molecular flexibility index (Phi) is 5.40. The molecule has 1 heterocycles. The van der Waals surface area contributed by atoms with E-state index in [4.69, 9.17) is 5.26 Å². The zero-order chi connectivity index (χ0) is 8.69. The normalized spacial score (nSPS) is 7.82. The molecule has 0 bridgehead atoms. The molecule has 3 heteroatoms. The van der Waals surface area contributed by atoms with Gasteiger partial charge in [0, 0.05) is 5.38 Å². The Bertz CT molecular complexity index is 234. The Labute approximate surface area is 71.5 Å². The molecular weight excluding hydrogens is 156 g/mol. The van der Waals surface area contributed by atoms with Gasteiger partial charge in [-0.2, -0.15) is 5.26 Å². The summed E-state index contributed by atoms with van der Waals surface area (Å²) in [5.41, 5.74) is 1.01. The van der Waals surface area contributed by atoms with Crippen molar-refractivity contribution in [2.24, 2.45) is 0 Å². The predicted molar refractivity (Wildman–Crippen MR) is 47.6 cm³/mol. The number of nitrogens with zero attached hydrogens (tertiary/aromatic N) is 2. The van der Waals surface area contributed by atoms with Crippen LogP contribution in [0.1, 0.15) is 31.5 Å². The lowest BCUT2D eigenvalue weighted by Crippen LogP contribution is -1.77. The molecule has 2 nitrogen and oxygen atoms in total. The molecule has 0 aliphatic rings. The van der Waals surface area contributed by atoms with Crippen molar-refractivity contribution in [1.29, 1.82) is 5.26 Å². The number of hydrogen-bond donors (Lipinski definition) is 0. The van der Waals surface area contributed by atoms with E-state index in [9.17, 15) is 0 Å². The van der Waals surface area contributed by atoms with Crippen LogP contribution < -0.4 is 0 Å². The van der Waals surface area contributed by atoms with E-state index in [0.717, 1.165) is 12.1 Å². The highest BCUT2D eigenvalue weighted by Crippen LogP contribution is 2.07. The smallest absolute Gasteiger partial charge is 0.194 e. The van der Waals surface area contributed by atoms with Crippen LogP contribution in [-0.2, 0) is 6.42 Å². The molecular formula is C8H12N2S. The average Bonchev–Trinajstić information content (AvgIpc) is 2.55. The first-order chi connectivity index (χ1) is 5.36. The second kappa shape index (κ2) is 5.87. The summed E-state index contributed by atoms with van der Waals surface area (Å²) in [6.45, 7) is 6.02. The molecule has 0 saturated heterocycles. The number of aromatic nitrogens is 1. The van der Waals surface area contributed by atoms with Crippen LogP contribution in [-0.4, -0.2) is 4.98 Å². The summed E-state index contributed by atoms with van der Waals surface area (Å²) in [5.74, 6) is 0. The third-order valence-corrected chi connectivity index (χ3v) is 1.81. The van der Waals surface area contributed by atoms with Gasteiger partial charge >= 0.3 is 0 Å². The molecule has 0 fully saturated rings. The summed E-state index contributed by atoms with van der Waals surface area (Å²) < 4.78 is 0. The number of thiazole rings is 1. The highest BCUT2D eigenvalue weighted by Gasteiger charge is 1.95. The Balaban J connectivity index is 0.000000461. The third kappa shape index (κ3) is 3.15. The van der Waals surface area contributed by atoms with Crippen molar-refractivity contribution < 1.29 is 0 Å². The topological polar surface area (TPSA) is 36.7 Å². The Hall–Kier alpha value is -0.880. The van der Waals surface area contributed by atoms with E-state index in [0.29, 0.717) is 5.01 Å². The minimum absolute atomic E-state index is 0.562. The molecule has 0 aliphatic carbocycles. The summed E-state index contributed by atoms with van der Waals surface area (Å²) in [7, 11) is 0. The van der Waals surface area contributed by atoms with Crippen LogP contribution >= 0.6 is 11.3 Å². The highest BCUT2D eigenvalue weighted by molar-refractivity contribution is 7.10. The predicted octanol–water partition coefficient (Wildman–Crippen LogP) is 2.60. The van der Waals surface area contributed by atoms with Crippen LogP contribution in [0.3, 0.4) is 0 Å². The van der Waals surface area contributed by atoms with Crippen molar-refractivity contribution in [2.75, 3.05) is 0 Å². The maximum atomic E-state index is 8.34. The maximum Gasteiger partial charge on any atom is 0.194 e. The Morgan fingerprint density at radius 1 is 1.64 bits per heavy atom. The van der Waals surface area contributed by atoms with Crippen LogP contribution in [0.15, 0.2) is 5.38 Å². The quantitative estimate of drug-likeness (QED) is 0.646. The lowest BCUT2D eigenvalue weighted by molar-refractivity contribution is 1.06. The second-order valence-corrected chi connectivity index (χ2v) is 2.47. The molecule has 0 amide bonds. The molecule has 0 atom stereocenters. The van der Waals surface area contributed by atoms with Crippen molar-refractivity contribution in [3.8, 4) is 6.07 Å². The van der Waals surface area contributed by atoms with E-state index in [1.807, 2.05) is 32.2 Å². The van der Waals surface area contributed by atoms with E-state index in [-0.39, 0.29) is 0 Å². The summed E-state index contributed by atoms with van der Waals surface area (Å²) in [6, 6.07) is 1.99. The van der Waals surface area contributed by atoms with Crippen LogP contribution in [0, 0.1) is 11.3 Å². The first-order valence-electron chi connectivity index (χ1n) is 3.71. The van der Waals surface area contributed by atoms with Crippen LogP contribution in [0.25, 0.3) is 0 Å². The van der Waals surface area contributed by atoms with Crippen molar-refractivity contribution in [3.63, 3.8) is 0 Å². The molecule has 0 saturated carbocycles. The van der Waals surface area contributed by atoms with E-state index in [1.54, 1.807) is 0 Å². The molecule has 0 N–H and O–H groups in total. The van der Waals surface area contributed by atoms with Gasteiger partial charge < -0.3 is 0 Å². The standard InChI is InChI=1S/C6H6N2S.C2H6/c1-2-5-4-9-6(3-7)8-5;1-2/h4H,2H2,1H3;1-2H3. The number of nitriles is 1. The van der Waals surface area contributed by atoms with Crippen molar-refractivity contribution in [3.05, 3.63) is 16.1 Å². The van der Waals surface area contributed by atoms with Gasteiger partial charge in [-0.3, -0.25) is 0 Å². The van der Waals surface area contributed by atoms with Gasteiger partial charge in [0.05, 0.1) is 5.69 Å². The molecule has 1 aromatic rings. The maximum absolute atomic E-state index is 8.34. The van der Waals surface area contributed by atoms with Gasteiger partial charge in [0.25, 0.3) is 0 Å². The molecule has 0 spiro atoms. The largest absolute Gasteiger partial charge is 0.231 e. The zero-order valence-electron chi connectivity index (χ0n) is 7.09. The molecule has 1 aromatic heterocycles. The lowest BCUT2D eigenvalue weighted by Gasteiger charge is -1.78. The third-order valence-electron chi connectivity index (χ3n) is 1.01. The van der Waals surface area contributed by atoms with Crippen LogP contribution in [0.4, 0.5) is 0 Å². The van der Waals surface area contributed by atoms with E-state index < -0.39 is 0 Å². The fraction of sp³-hybridized carbons (Fsp3) is 0.500. The molecule has 0 radical (unpaired) electrons. The molecule has 0 aromatic carbocycles. The highest BCUT2D eigenvalue weighted by atomic mass is 32.1. The Morgan fingerprint density at radius 2 is 2.27 bits per heavy atom. The van der Waals surface area contributed by atoms with Crippen LogP contribution in [0.2, 0.25) is 0 Å². The summed E-state index contributed by atoms with van der Waals surface area (Å²) in [4.78, 5) is 4.00. The second-order valence-electron chi connectivity index (χ2n) is 1.61. The molecule has 0 aliphatic heterocycles. The van der Waals surface area contributed by atoms with Gasteiger partial charge in [0.15, 0.2) is 5.01 Å². The zero-order valence-corrected chi connectivity index (χ0v) is 7.90. The first kappa shape index (κ1) is 10.1. The minimum Gasteiger partial charge on any atom is -0.231 e. The van der Waals surface area contributed by atoms with Gasteiger partial charge in [-0.15, -0.1) is 11.3 Å². The van der Waals surface area contributed by atoms with Gasteiger partial charge in [-0.25, -0.2) is 4.98 Å². The molecule has 1 rings (SSSR count). The van der Waals surface area contributed by atoms with E-state index >= 15 is 0 Å².